The molecule has 0 saturated carbocycles. The Balaban J connectivity index is 3.35. The second-order valence-electron chi connectivity index (χ2n) is 8.68. The molecule has 0 aliphatic carbocycles. The lowest BCUT2D eigenvalue weighted by molar-refractivity contribution is -0.320. The zero-order valence-corrected chi connectivity index (χ0v) is 24.8. The standard InChI is InChI=1S/C23H32Cl4O13/c1-12(2)3-4-15(29)34-10-13(9-28)36-23-22(40-19(33)8-27)21(39-18(32)7-26)20(38-17(31)6-25)14(37-23)11-35-16(30)5-24/h12-14,20-23,28H,3-11H2,1-2H3/t13-,14-,20+,21+,22-,23-/m1/s1. The van der Waals surface area contributed by atoms with Crippen molar-refractivity contribution >= 4 is 76.3 Å². The molecule has 13 nitrogen and oxygen atoms in total. The number of carbonyl (C=O) groups excluding carboxylic acids is 5. The molecule has 0 aromatic heterocycles. The van der Waals surface area contributed by atoms with Gasteiger partial charge >= 0.3 is 29.8 Å². The maximum atomic E-state index is 12.2. The summed E-state index contributed by atoms with van der Waals surface area (Å²) in [4.78, 5) is 60.3. The van der Waals surface area contributed by atoms with Gasteiger partial charge in [0.05, 0.1) is 6.61 Å². The summed E-state index contributed by atoms with van der Waals surface area (Å²) < 4.78 is 37.6. The second-order valence-corrected chi connectivity index (χ2v) is 9.75. The molecule has 1 aliphatic heterocycles. The quantitative estimate of drug-likeness (QED) is 0.135. The number of hydrogen-bond acceptors (Lipinski definition) is 13. The third kappa shape index (κ3) is 12.9. The molecule has 6 atom stereocenters. The Labute approximate surface area is 250 Å². The number of carbonyl (C=O) groups is 5. The Morgan fingerprint density at radius 3 is 1.77 bits per heavy atom. The third-order valence-electron chi connectivity index (χ3n) is 5.13. The second kappa shape index (κ2) is 19.5. The van der Waals surface area contributed by atoms with Gasteiger partial charge in [0.1, 0.15) is 48.9 Å². The van der Waals surface area contributed by atoms with Crippen LogP contribution in [0, 0.1) is 5.92 Å². The van der Waals surface area contributed by atoms with Crippen molar-refractivity contribution in [1.29, 1.82) is 0 Å². The predicted molar refractivity (Wildman–Crippen MR) is 139 cm³/mol. The summed E-state index contributed by atoms with van der Waals surface area (Å²) in [6.45, 7) is 2.16. The molecule has 0 bridgehead atoms. The van der Waals surface area contributed by atoms with Gasteiger partial charge in [0.2, 0.25) is 0 Å². The van der Waals surface area contributed by atoms with Crippen LogP contribution in [-0.4, -0.2) is 115 Å². The van der Waals surface area contributed by atoms with Crippen molar-refractivity contribution in [1.82, 2.24) is 0 Å². The van der Waals surface area contributed by atoms with E-state index in [1.54, 1.807) is 0 Å². The molecule has 0 aromatic carbocycles. The molecule has 0 aromatic rings. The van der Waals surface area contributed by atoms with Gasteiger partial charge in [-0.1, -0.05) is 13.8 Å². The Hall–Kier alpha value is -1.61. The van der Waals surface area contributed by atoms with E-state index < -0.39 is 110 Å². The normalized spacial score (nSPS) is 23.1. The minimum absolute atomic E-state index is 0.129. The summed E-state index contributed by atoms with van der Waals surface area (Å²) >= 11 is 22.2. The molecule has 1 rings (SSSR count). The van der Waals surface area contributed by atoms with Gasteiger partial charge < -0.3 is 38.3 Å². The van der Waals surface area contributed by atoms with E-state index in [-0.39, 0.29) is 12.3 Å². The molecule has 1 saturated heterocycles. The van der Waals surface area contributed by atoms with E-state index >= 15 is 0 Å². The van der Waals surface area contributed by atoms with Gasteiger partial charge in [-0.15, -0.1) is 46.4 Å². The van der Waals surface area contributed by atoms with Crippen LogP contribution in [0.25, 0.3) is 0 Å². The molecule has 230 valence electrons. The Morgan fingerprint density at radius 2 is 1.27 bits per heavy atom. The van der Waals surface area contributed by atoms with Crippen molar-refractivity contribution in [3.05, 3.63) is 0 Å². The fraction of sp³-hybridized carbons (Fsp3) is 0.783. The van der Waals surface area contributed by atoms with Crippen LogP contribution in [0.4, 0.5) is 0 Å². The van der Waals surface area contributed by atoms with E-state index in [1.165, 1.54) is 0 Å². The zero-order valence-electron chi connectivity index (χ0n) is 21.8. The number of halogens is 4. The van der Waals surface area contributed by atoms with Gasteiger partial charge in [0, 0.05) is 6.42 Å². The first-order valence-electron chi connectivity index (χ1n) is 12.0. The van der Waals surface area contributed by atoms with Crippen molar-refractivity contribution in [2.24, 2.45) is 5.92 Å². The molecule has 1 heterocycles. The van der Waals surface area contributed by atoms with Crippen LogP contribution >= 0.6 is 46.4 Å². The van der Waals surface area contributed by atoms with Crippen molar-refractivity contribution in [2.45, 2.75) is 63.5 Å². The number of hydrogen-bond donors (Lipinski definition) is 1. The van der Waals surface area contributed by atoms with Gasteiger partial charge in [-0.2, -0.15) is 0 Å². The molecule has 0 spiro atoms. The summed E-state index contributed by atoms with van der Waals surface area (Å²) in [7, 11) is 0. The van der Waals surface area contributed by atoms with Gasteiger partial charge in [-0.3, -0.25) is 24.0 Å². The summed E-state index contributed by atoms with van der Waals surface area (Å²) in [6, 6.07) is 0. The van der Waals surface area contributed by atoms with E-state index in [1.807, 2.05) is 13.8 Å². The monoisotopic (exact) mass is 656 g/mol. The van der Waals surface area contributed by atoms with E-state index in [0.29, 0.717) is 6.42 Å². The summed E-state index contributed by atoms with van der Waals surface area (Å²) in [6.07, 6.45) is -8.42. The molecule has 1 N–H and O–H groups in total. The SMILES string of the molecule is CC(C)CCC(=O)OC[C@@H](CO)O[C@@H]1O[C@H](COC(=O)CCl)[C@H](OC(=O)CCl)[C@H](OC(=O)CCl)[C@H]1OC(=O)CCl. The summed E-state index contributed by atoms with van der Waals surface area (Å²) in [5.74, 6) is -6.59. The summed E-state index contributed by atoms with van der Waals surface area (Å²) in [5.41, 5.74) is 0. The van der Waals surface area contributed by atoms with E-state index in [2.05, 4.69) is 0 Å². The molecule has 0 radical (unpaired) electrons. The Morgan fingerprint density at radius 1 is 0.750 bits per heavy atom. The largest absolute Gasteiger partial charge is 0.463 e. The number of aliphatic hydroxyl groups excluding tert-OH is 1. The van der Waals surface area contributed by atoms with E-state index in [9.17, 15) is 29.1 Å². The highest BCUT2D eigenvalue weighted by Crippen LogP contribution is 2.31. The molecular formula is C23H32Cl4O13. The fourth-order valence-electron chi connectivity index (χ4n) is 3.28. The van der Waals surface area contributed by atoms with Gasteiger partial charge in [-0.25, -0.2) is 0 Å². The Kier molecular flexibility index (Phi) is 17.8. The maximum Gasteiger partial charge on any atom is 0.321 e. The molecule has 0 amide bonds. The molecule has 0 unspecified atom stereocenters. The van der Waals surface area contributed by atoms with Gasteiger partial charge in [0.15, 0.2) is 24.6 Å². The lowest BCUT2D eigenvalue weighted by Gasteiger charge is -2.44. The van der Waals surface area contributed by atoms with Crippen LogP contribution in [0.5, 0.6) is 0 Å². The van der Waals surface area contributed by atoms with E-state index in [4.69, 9.17) is 79.6 Å². The first-order chi connectivity index (χ1) is 19.0. The summed E-state index contributed by atoms with van der Waals surface area (Å²) in [5, 5.41) is 9.86. The number of alkyl halides is 4. The Bertz CT molecular complexity index is 844. The number of rotatable bonds is 17. The van der Waals surface area contributed by atoms with Crippen LogP contribution in [0.15, 0.2) is 0 Å². The van der Waals surface area contributed by atoms with Crippen molar-refractivity contribution in [3.63, 3.8) is 0 Å². The molecule has 17 heteroatoms. The fourth-order valence-corrected chi connectivity index (χ4v) is 3.54. The first kappa shape index (κ1) is 36.4. The smallest absolute Gasteiger partial charge is 0.321 e. The average molecular weight is 658 g/mol. The molecule has 40 heavy (non-hydrogen) atoms. The predicted octanol–water partition coefficient (Wildman–Crippen LogP) is 1.30. The first-order valence-corrected chi connectivity index (χ1v) is 14.2. The highest BCUT2D eigenvalue weighted by Gasteiger charge is 2.53. The molecule has 1 fully saturated rings. The van der Waals surface area contributed by atoms with Crippen molar-refractivity contribution < 1.29 is 62.2 Å². The minimum Gasteiger partial charge on any atom is -0.463 e. The maximum absolute atomic E-state index is 12.2. The molecule has 1 aliphatic rings. The average Bonchev–Trinajstić information content (AvgIpc) is 2.94. The highest BCUT2D eigenvalue weighted by atomic mass is 35.5. The van der Waals surface area contributed by atoms with Crippen LogP contribution in [0.2, 0.25) is 0 Å². The lowest BCUT2D eigenvalue weighted by Crippen LogP contribution is -2.64. The molecular weight excluding hydrogens is 626 g/mol. The van der Waals surface area contributed by atoms with Crippen LogP contribution < -0.4 is 0 Å². The zero-order chi connectivity index (χ0) is 30.2. The topological polar surface area (TPSA) is 170 Å². The van der Waals surface area contributed by atoms with Crippen molar-refractivity contribution in [2.75, 3.05) is 43.3 Å². The van der Waals surface area contributed by atoms with Gasteiger partial charge in [-0.05, 0) is 12.3 Å². The third-order valence-corrected chi connectivity index (χ3v) is 6.00. The highest BCUT2D eigenvalue weighted by molar-refractivity contribution is 6.27. The van der Waals surface area contributed by atoms with Gasteiger partial charge in [0.25, 0.3) is 0 Å². The van der Waals surface area contributed by atoms with E-state index in [0.717, 1.165) is 0 Å². The lowest BCUT2D eigenvalue weighted by atomic mass is 9.98. The van der Waals surface area contributed by atoms with Crippen LogP contribution in [0.1, 0.15) is 26.7 Å². The number of aliphatic hydroxyl groups is 1. The number of ether oxygens (including phenoxy) is 7. The number of esters is 5. The van der Waals surface area contributed by atoms with Crippen LogP contribution in [-0.2, 0) is 57.1 Å². The van der Waals surface area contributed by atoms with Crippen molar-refractivity contribution in [3.8, 4) is 0 Å². The van der Waals surface area contributed by atoms with Crippen LogP contribution in [0.3, 0.4) is 0 Å². The minimum atomic E-state index is -1.66.